The minimum Gasteiger partial charge on any atom is -0.480 e. The maximum absolute atomic E-state index is 10.9. The number of carbonyl (C=O) groups is 2. The molecule has 0 aromatic heterocycles. The van der Waals surface area contributed by atoms with Crippen molar-refractivity contribution in [3.05, 3.63) is 0 Å². The molecule has 0 heterocycles. The first-order chi connectivity index (χ1) is 5.61. The van der Waals surface area contributed by atoms with Crippen LogP contribution in [-0.4, -0.2) is 36.6 Å². The molecular formula is C7H14N2O3. The molecule has 0 aromatic rings. The second-order valence-corrected chi connectivity index (χ2v) is 2.40. The highest BCUT2D eigenvalue weighted by atomic mass is 16.4. The Morgan fingerprint density at radius 2 is 2.08 bits per heavy atom. The number of hydrogen-bond donors (Lipinski definition) is 3. The summed E-state index contributed by atoms with van der Waals surface area (Å²) in [5.74, 6) is -1.30. The number of rotatable bonds is 5. The average Bonchev–Trinajstić information content (AvgIpc) is 2.00. The number of amides is 1. The summed E-state index contributed by atoms with van der Waals surface area (Å²) in [5.41, 5.74) is 0. The largest absolute Gasteiger partial charge is 0.480 e. The monoisotopic (exact) mass is 174 g/mol. The third-order valence-corrected chi connectivity index (χ3v) is 1.38. The van der Waals surface area contributed by atoms with E-state index in [0.717, 1.165) is 0 Å². The molecule has 3 N–H and O–H groups in total. The van der Waals surface area contributed by atoms with Crippen molar-refractivity contribution in [2.75, 3.05) is 13.6 Å². The number of carboxylic acids is 1. The van der Waals surface area contributed by atoms with Crippen LogP contribution in [0.25, 0.3) is 0 Å². The van der Waals surface area contributed by atoms with Crippen LogP contribution in [0.4, 0.5) is 0 Å². The van der Waals surface area contributed by atoms with Crippen molar-refractivity contribution < 1.29 is 14.7 Å². The second kappa shape index (κ2) is 5.54. The summed E-state index contributed by atoms with van der Waals surface area (Å²) in [5, 5.41) is 13.6. The Hall–Kier alpha value is -1.10. The first-order valence-corrected chi connectivity index (χ1v) is 3.78. The fourth-order valence-corrected chi connectivity index (χ4v) is 0.744. The molecule has 0 aliphatic heterocycles. The molecular weight excluding hydrogens is 160 g/mol. The molecule has 12 heavy (non-hydrogen) atoms. The van der Waals surface area contributed by atoms with Crippen molar-refractivity contribution in [3.63, 3.8) is 0 Å². The van der Waals surface area contributed by atoms with Crippen molar-refractivity contribution in [1.82, 2.24) is 10.6 Å². The summed E-state index contributed by atoms with van der Waals surface area (Å²) in [7, 11) is 1.63. The van der Waals surface area contributed by atoms with E-state index in [9.17, 15) is 9.59 Å². The first-order valence-electron chi connectivity index (χ1n) is 3.78. The Bertz CT molecular complexity index is 170. The third kappa shape index (κ3) is 3.92. The Morgan fingerprint density at radius 1 is 1.50 bits per heavy atom. The van der Waals surface area contributed by atoms with Gasteiger partial charge in [0.05, 0.1) is 6.54 Å². The van der Waals surface area contributed by atoms with Gasteiger partial charge >= 0.3 is 5.97 Å². The fourth-order valence-electron chi connectivity index (χ4n) is 0.744. The molecule has 1 unspecified atom stereocenters. The number of hydrogen-bond acceptors (Lipinski definition) is 3. The molecule has 5 nitrogen and oxygen atoms in total. The highest BCUT2D eigenvalue weighted by Crippen LogP contribution is 1.89. The minimum atomic E-state index is -0.998. The number of nitrogens with one attached hydrogen (secondary N) is 2. The lowest BCUT2D eigenvalue weighted by Gasteiger charge is -2.11. The van der Waals surface area contributed by atoms with Crippen LogP contribution in [0.5, 0.6) is 0 Å². The summed E-state index contributed by atoms with van der Waals surface area (Å²) in [6, 6.07) is -0.772. The highest BCUT2D eigenvalue weighted by Gasteiger charge is 2.16. The van der Waals surface area contributed by atoms with Gasteiger partial charge in [-0.05, 0) is 13.5 Å². The summed E-state index contributed by atoms with van der Waals surface area (Å²) in [4.78, 5) is 21.3. The van der Waals surface area contributed by atoms with Gasteiger partial charge in [-0.25, -0.2) is 4.79 Å². The van der Waals surface area contributed by atoms with Gasteiger partial charge in [-0.3, -0.25) is 4.79 Å². The molecule has 0 rings (SSSR count). The first kappa shape index (κ1) is 10.9. The molecule has 0 saturated heterocycles. The van der Waals surface area contributed by atoms with Crippen LogP contribution in [0.1, 0.15) is 13.3 Å². The number of carbonyl (C=O) groups excluding carboxylic acids is 1. The second-order valence-electron chi connectivity index (χ2n) is 2.40. The van der Waals surface area contributed by atoms with E-state index < -0.39 is 12.0 Å². The fraction of sp³-hybridized carbons (Fsp3) is 0.714. The SMILES string of the molecule is CCC(NC(=O)CNC)C(=O)O. The summed E-state index contributed by atoms with van der Waals surface area (Å²) in [6.07, 6.45) is 0.394. The standard InChI is InChI=1S/C7H14N2O3/c1-3-5(7(11)12)9-6(10)4-8-2/h5,8H,3-4H2,1-2H3,(H,9,10)(H,11,12). The van der Waals surface area contributed by atoms with Crippen molar-refractivity contribution in [2.45, 2.75) is 19.4 Å². The highest BCUT2D eigenvalue weighted by molar-refractivity contribution is 5.84. The normalized spacial score (nSPS) is 12.2. The van der Waals surface area contributed by atoms with E-state index >= 15 is 0 Å². The smallest absolute Gasteiger partial charge is 0.326 e. The molecule has 0 aliphatic rings. The van der Waals surface area contributed by atoms with Crippen LogP contribution in [0, 0.1) is 0 Å². The van der Waals surface area contributed by atoms with Crippen LogP contribution in [0.15, 0.2) is 0 Å². The molecule has 1 amide bonds. The van der Waals surface area contributed by atoms with Crippen LogP contribution in [0.2, 0.25) is 0 Å². The predicted molar refractivity (Wildman–Crippen MR) is 43.8 cm³/mol. The molecule has 0 fully saturated rings. The number of aliphatic carboxylic acids is 1. The molecule has 70 valence electrons. The molecule has 0 bridgehead atoms. The summed E-state index contributed by atoms with van der Waals surface area (Å²) >= 11 is 0. The topological polar surface area (TPSA) is 78.4 Å². The van der Waals surface area contributed by atoms with Gasteiger partial charge in [-0.15, -0.1) is 0 Å². The average molecular weight is 174 g/mol. The van der Waals surface area contributed by atoms with Gasteiger partial charge in [0, 0.05) is 0 Å². The zero-order chi connectivity index (χ0) is 9.56. The minimum absolute atomic E-state index is 0.143. The van der Waals surface area contributed by atoms with Crippen molar-refractivity contribution in [2.24, 2.45) is 0 Å². The Kier molecular flexibility index (Phi) is 5.03. The van der Waals surface area contributed by atoms with Crippen LogP contribution >= 0.6 is 0 Å². The van der Waals surface area contributed by atoms with Crippen molar-refractivity contribution in [1.29, 1.82) is 0 Å². The van der Waals surface area contributed by atoms with Gasteiger partial charge in [0.15, 0.2) is 0 Å². The number of likely N-dealkylation sites (N-methyl/N-ethyl adjacent to an activating group) is 1. The van der Waals surface area contributed by atoms with E-state index in [2.05, 4.69) is 10.6 Å². The van der Waals surface area contributed by atoms with E-state index in [-0.39, 0.29) is 12.5 Å². The Labute approximate surface area is 71.1 Å². The molecule has 0 radical (unpaired) electrons. The van der Waals surface area contributed by atoms with Gasteiger partial charge < -0.3 is 15.7 Å². The third-order valence-electron chi connectivity index (χ3n) is 1.38. The molecule has 0 aliphatic carbocycles. The lowest BCUT2D eigenvalue weighted by Crippen LogP contribution is -2.43. The molecule has 0 spiro atoms. The summed E-state index contributed by atoms with van der Waals surface area (Å²) < 4.78 is 0. The maximum atomic E-state index is 10.9. The van der Waals surface area contributed by atoms with Gasteiger partial charge in [-0.1, -0.05) is 6.92 Å². The quantitative estimate of drug-likeness (QED) is 0.509. The van der Waals surface area contributed by atoms with Gasteiger partial charge in [0.25, 0.3) is 0 Å². The van der Waals surface area contributed by atoms with Crippen LogP contribution in [0.3, 0.4) is 0 Å². The van der Waals surface area contributed by atoms with E-state index in [1.807, 2.05) is 0 Å². The van der Waals surface area contributed by atoms with E-state index in [1.54, 1.807) is 14.0 Å². The number of carboxylic acid groups (broad SMARTS) is 1. The predicted octanol–water partition coefficient (Wildman–Crippen LogP) is -0.815. The molecule has 0 aromatic carbocycles. The maximum Gasteiger partial charge on any atom is 0.326 e. The Morgan fingerprint density at radius 3 is 2.42 bits per heavy atom. The molecule has 0 saturated carbocycles. The van der Waals surface area contributed by atoms with Crippen LogP contribution < -0.4 is 10.6 Å². The lowest BCUT2D eigenvalue weighted by molar-refractivity contribution is -0.141. The van der Waals surface area contributed by atoms with Gasteiger partial charge in [0.1, 0.15) is 6.04 Å². The molecule has 5 heteroatoms. The van der Waals surface area contributed by atoms with E-state index in [1.165, 1.54) is 0 Å². The van der Waals surface area contributed by atoms with Gasteiger partial charge in [0.2, 0.25) is 5.91 Å². The zero-order valence-electron chi connectivity index (χ0n) is 7.26. The lowest BCUT2D eigenvalue weighted by atomic mass is 10.2. The van der Waals surface area contributed by atoms with E-state index in [0.29, 0.717) is 6.42 Å². The van der Waals surface area contributed by atoms with E-state index in [4.69, 9.17) is 5.11 Å². The Balaban J connectivity index is 3.85. The zero-order valence-corrected chi connectivity index (χ0v) is 7.26. The van der Waals surface area contributed by atoms with Gasteiger partial charge in [-0.2, -0.15) is 0 Å². The summed E-state index contributed by atoms with van der Waals surface area (Å²) in [6.45, 7) is 1.85. The van der Waals surface area contributed by atoms with Crippen molar-refractivity contribution >= 4 is 11.9 Å². The van der Waals surface area contributed by atoms with Crippen LogP contribution in [-0.2, 0) is 9.59 Å². The molecule has 1 atom stereocenters. The van der Waals surface area contributed by atoms with Crippen molar-refractivity contribution in [3.8, 4) is 0 Å².